The van der Waals surface area contributed by atoms with Crippen LogP contribution in [0.2, 0.25) is 0 Å². The summed E-state index contributed by atoms with van der Waals surface area (Å²) >= 11 is 5.63. The number of fused-ring (bicyclic) bond motifs is 1. The number of benzene rings is 1. The van der Waals surface area contributed by atoms with Crippen LogP contribution < -0.4 is 5.43 Å². The Morgan fingerprint density at radius 1 is 1.33 bits per heavy atom. The van der Waals surface area contributed by atoms with Gasteiger partial charge in [0.05, 0.1) is 11.7 Å². The second-order valence-electron chi connectivity index (χ2n) is 3.29. The van der Waals surface area contributed by atoms with Crippen molar-refractivity contribution in [2.75, 3.05) is 5.88 Å². The lowest BCUT2D eigenvalue weighted by molar-refractivity contribution is 0.613. The Hall–Kier alpha value is -1.35. The Labute approximate surface area is 92.3 Å². The molecule has 1 aromatic heterocycles. The van der Waals surface area contributed by atoms with Gasteiger partial charge in [0.15, 0.2) is 0 Å². The Balaban J connectivity index is 2.56. The van der Waals surface area contributed by atoms with Crippen LogP contribution in [0.25, 0.3) is 10.9 Å². The molecule has 0 aliphatic rings. The van der Waals surface area contributed by atoms with E-state index >= 15 is 0 Å². The standard InChI is InChI=1S/C11H11ClN2O/c12-6-3-7-14-10-5-2-1-4-9(10)11(15)8-13-14/h1-2,4-5,8H,3,6-7H2. The fourth-order valence-corrected chi connectivity index (χ4v) is 1.67. The SMILES string of the molecule is O=c1cnn(CCCCl)c2ccccc12. The lowest BCUT2D eigenvalue weighted by atomic mass is 10.2. The van der Waals surface area contributed by atoms with Crippen LogP contribution in [-0.4, -0.2) is 15.7 Å². The Bertz CT molecular complexity index is 521. The summed E-state index contributed by atoms with van der Waals surface area (Å²) in [6, 6.07) is 7.48. The van der Waals surface area contributed by atoms with E-state index in [0.29, 0.717) is 11.3 Å². The lowest BCUT2D eigenvalue weighted by Gasteiger charge is -2.07. The zero-order chi connectivity index (χ0) is 10.7. The molecule has 0 aliphatic carbocycles. The van der Waals surface area contributed by atoms with Crippen LogP contribution in [-0.2, 0) is 6.54 Å². The van der Waals surface area contributed by atoms with Crippen LogP contribution in [0.3, 0.4) is 0 Å². The zero-order valence-electron chi connectivity index (χ0n) is 8.19. The molecule has 1 aromatic carbocycles. The molecule has 0 unspecified atom stereocenters. The number of nitrogens with zero attached hydrogens (tertiary/aromatic N) is 2. The first kappa shape index (κ1) is 10.2. The summed E-state index contributed by atoms with van der Waals surface area (Å²) in [6.45, 7) is 0.740. The third-order valence-corrected chi connectivity index (χ3v) is 2.53. The Morgan fingerprint density at radius 3 is 2.93 bits per heavy atom. The molecule has 3 nitrogen and oxygen atoms in total. The second-order valence-corrected chi connectivity index (χ2v) is 3.67. The van der Waals surface area contributed by atoms with E-state index in [9.17, 15) is 4.79 Å². The maximum atomic E-state index is 11.5. The van der Waals surface area contributed by atoms with Crippen LogP contribution in [0.1, 0.15) is 6.42 Å². The minimum Gasteiger partial charge on any atom is -0.287 e. The molecule has 0 fully saturated rings. The van der Waals surface area contributed by atoms with E-state index in [1.54, 1.807) is 0 Å². The summed E-state index contributed by atoms with van der Waals surface area (Å²) in [6.07, 6.45) is 2.21. The van der Waals surface area contributed by atoms with Gasteiger partial charge in [-0.25, -0.2) is 0 Å². The molecular weight excluding hydrogens is 212 g/mol. The molecule has 2 rings (SSSR count). The van der Waals surface area contributed by atoms with Gasteiger partial charge in [-0.2, -0.15) is 5.10 Å². The quantitative estimate of drug-likeness (QED) is 0.745. The fraction of sp³-hybridized carbons (Fsp3) is 0.273. The van der Waals surface area contributed by atoms with Gasteiger partial charge in [-0.15, -0.1) is 11.6 Å². The number of aryl methyl sites for hydroxylation is 1. The predicted molar refractivity (Wildman–Crippen MR) is 61.3 cm³/mol. The highest BCUT2D eigenvalue weighted by atomic mass is 35.5. The van der Waals surface area contributed by atoms with Crippen molar-refractivity contribution in [3.63, 3.8) is 0 Å². The fourth-order valence-electron chi connectivity index (χ4n) is 1.55. The molecule has 0 radical (unpaired) electrons. The number of hydrogen-bond donors (Lipinski definition) is 0. The lowest BCUT2D eigenvalue weighted by Crippen LogP contribution is -2.12. The van der Waals surface area contributed by atoms with Gasteiger partial charge in [-0.05, 0) is 18.6 Å². The van der Waals surface area contributed by atoms with Crippen LogP contribution in [0.15, 0.2) is 35.3 Å². The van der Waals surface area contributed by atoms with Crippen molar-refractivity contribution in [2.45, 2.75) is 13.0 Å². The first-order valence-corrected chi connectivity index (χ1v) is 5.37. The van der Waals surface area contributed by atoms with Gasteiger partial charge in [-0.3, -0.25) is 9.48 Å². The molecule has 4 heteroatoms. The highest BCUT2D eigenvalue weighted by Gasteiger charge is 2.01. The second kappa shape index (κ2) is 4.45. The van der Waals surface area contributed by atoms with E-state index in [4.69, 9.17) is 11.6 Å². The number of halogens is 1. The van der Waals surface area contributed by atoms with E-state index in [2.05, 4.69) is 5.10 Å². The van der Waals surface area contributed by atoms with Gasteiger partial charge in [0.2, 0.25) is 5.43 Å². The smallest absolute Gasteiger partial charge is 0.207 e. The largest absolute Gasteiger partial charge is 0.287 e. The van der Waals surface area contributed by atoms with Crippen LogP contribution >= 0.6 is 11.6 Å². The number of aromatic nitrogens is 2. The topological polar surface area (TPSA) is 34.9 Å². The molecule has 2 aromatic rings. The van der Waals surface area contributed by atoms with Crippen LogP contribution in [0.5, 0.6) is 0 Å². The van der Waals surface area contributed by atoms with Crippen molar-refractivity contribution >= 4 is 22.5 Å². The summed E-state index contributed by atoms with van der Waals surface area (Å²) in [5.41, 5.74) is 0.836. The molecule has 0 atom stereocenters. The summed E-state index contributed by atoms with van der Waals surface area (Å²) < 4.78 is 1.82. The predicted octanol–water partition coefficient (Wildman–Crippen LogP) is 2.03. The number of para-hydroxylation sites is 1. The van der Waals surface area contributed by atoms with E-state index in [-0.39, 0.29) is 5.43 Å². The molecule has 0 saturated carbocycles. The normalized spacial score (nSPS) is 10.7. The molecule has 15 heavy (non-hydrogen) atoms. The molecule has 0 N–H and O–H groups in total. The molecule has 0 saturated heterocycles. The van der Waals surface area contributed by atoms with Gasteiger partial charge in [-0.1, -0.05) is 12.1 Å². The average Bonchev–Trinajstić information content (AvgIpc) is 2.29. The molecule has 0 spiro atoms. The molecule has 0 bridgehead atoms. The van der Waals surface area contributed by atoms with Crippen LogP contribution in [0, 0.1) is 0 Å². The van der Waals surface area contributed by atoms with Crippen molar-refractivity contribution in [1.29, 1.82) is 0 Å². The van der Waals surface area contributed by atoms with Gasteiger partial charge in [0, 0.05) is 17.8 Å². The average molecular weight is 223 g/mol. The maximum absolute atomic E-state index is 11.5. The molecule has 0 amide bonds. The Kier molecular flexibility index (Phi) is 3.02. The van der Waals surface area contributed by atoms with Crippen molar-refractivity contribution in [1.82, 2.24) is 9.78 Å². The van der Waals surface area contributed by atoms with Crippen molar-refractivity contribution in [2.24, 2.45) is 0 Å². The summed E-state index contributed by atoms with van der Waals surface area (Å²) in [5.74, 6) is 0.599. The van der Waals surface area contributed by atoms with Gasteiger partial charge in [0.1, 0.15) is 0 Å². The van der Waals surface area contributed by atoms with Crippen molar-refractivity contribution in [3.05, 3.63) is 40.7 Å². The molecule has 0 aliphatic heterocycles. The summed E-state index contributed by atoms with van der Waals surface area (Å²) in [5, 5.41) is 4.80. The zero-order valence-corrected chi connectivity index (χ0v) is 8.94. The van der Waals surface area contributed by atoms with Crippen molar-refractivity contribution in [3.8, 4) is 0 Å². The van der Waals surface area contributed by atoms with Gasteiger partial charge < -0.3 is 0 Å². The van der Waals surface area contributed by atoms with Crippen LogP contribution in [0.4, 0.5) is 0 Å². The van der Waals surface area contributed by atoms with Crippen molar-refractivity contribution < 1.29 is 0 Å². The van der Waals surface area contributed by atoms with Gasteiger partial charge >= 0.3 is 0 Å². The van der Waals surface area contributed by atoms with Gasteiger partial charge in [0.25, 0.3) is 0 Å². The van der Waals surface area contributed by atoms with E-state index < -0.39 is 0 Å². The molecular formula is C11H11ClN2O. The maximum Gasteiger partial charge on any atom is 0.207 e. The first-order chi connectivity index (χ1) is 7.33. The van der Waals surface area contributed by atoms with E-state index in [0.717, 1.165) is 18.5 Å². The summed E-state index contributed by atoms with van der Waals surface area (Å²) in [4.78, 5) is 11.5. The Morgan fingerprint density at radius 2 is 2.13 bits per heavy atom. The molecule has 1 heterocycles. The summed E-state index contributed by atoms with van der Waals surface area (Å²) in [7, 11) is 0. The minimum absolute atomic E-state index is 0.0345. The highest BCUT2D eigenvalue weighted by Crippen LogP contribution is 2.08. The number of hydrogen-bond acceptors (Lipinski definition) is 2. The van der Waals surface area contributed by atoms with E-state index in [1.807, 2.05) is 28.9 Å². The third kappa shape index (κ3) is 2.02. The number of alkyl halides is 1. The van der Waals surface area contributed by atoms with E-state index in [1.165, 1.54) is 6.20 Å². The highest BCUT2D eigenvalue weighted by molar-refractivity contribution is 6.17. The third-order valence-electron chi connectivity index (χ3n) is 2.27. The minimum atomic E-state index is -0.0345. The molecule has 78 valence electrons. The monoisotopic (exact) mass is 222 g/mol. The first-order valence-electron chi connectivity index (χ1n) is 4.84. The number of rotatable bonds is 3.